The molecule has 0 fully saturated rings. The summed E-state index contributed by atoms with van der Waals surface area (Å²) >= 11 is 1.58. The number of carbonyl (C=O) groups excluding carboxylic acids is 2. The fraction of sp³-hybridized carbons (Fsp3) is 0.259. The predicted molar refractivity (Wildman–Crippen MR) is 136 cm³/mol. The average Bonchev–Trinajstić information content (AvgIpc) is 3.39. The Kier molecular flexibility index (Phi) is 5.44. The number of nitrogens with one attached hydrogen (secondary N) is 1. The second-order valence-corrected chi connectivity index (χ2v) is 9.95. The SMILES string of the molecule is COc1ccccc1CNC(=O)[C@@]1(C)Cn2c(cc3ccsc32)C(=O)N1c1cc(C)cc(C)c1. The van der Waals surface area contributed by atoms with Crippen molar-refractivity contribution in [3.63, 3.8) is 0 Å². The molecule has 1 aliphatic heterocycles. The molecule has 2 aromatic carbocycles. The van der Waals surface area contributed by atoms with E-state index in [0.717, 1.165) is 32.6 Å². The monoisotopic (exact) mass is 473 g/mol. The van der Waals surface area contributed by atoms with E-state index >= 15 is 0 Å². The van der Waals surface area contributed by atoms with Crippen LogP contribution in [0.25, 0.3) is 10.2 Å². The number of anilines is 1. The van der Waals surface area contributed by atoms with Crippen LogP contribution in [0.2, 0.25) is 0 Å². The first-order chi connectivity index (χ1) is 16.3. The molecule has 0 unspecified atom stereocenters. The van der Waals surface area contributed by atoms with Gasteiger partial charge in [-0.3, -0.25) is 14.5 Å². The van der Waals surface area contributed by atoms with Gasteiger partial charge in [0.25, 0.3) is 5.91 Å². The second kappa shape index (κ2) is 8.33. The molecular formula is C27H27N3O3S. The van der Waals surface area contributed by atoms with Crippen LogP contribution in [0.4, 0.5) is 5.69 Å². The van der Waals surface area contributed by atoms with Crippen molar-refractivity contribution in [1.82, 2.24) is 9.88 Å². The highest BCUT2D eigenvalue weighted by Crippen LogP contribution is 2.38. The van der Waals surface area contributed by atoms with Gasteiger partial charge < -0.3 is 14.6 Å². The highest BCUT2D eigenvalue weighted by Gasteiger charge is 2.48. The molecule has 1 aliphatic rings. The molecule has 5 rings (SSSR count). The molecule has 7 heteroatoms. The maximum atomic E-state index is 13.9. The molecule has 0 spiro atoms. The van der Waals surface area contributed by atoms with Gasteiger partial charge in [-0.1, -0.05) is 24.3 Å². The van der Waals surface area contributed by atoms with Crippen LogP contribution in [0.3, 0.4) is 0 Å². The van der Waals surface area contributed by atoms with Gasteiger partial charge in [-0.25, -0.2) is 0 Å². The number of amides is 2. The van der Waals surface area contributed by atoms with E-state index in [4.69, 9.17) is 4.74 Å². The van der Waals surface area contributed by atoms with Gasteiger partial charge in [0.2, 0.25) is 5.91 Å². The number of para-hydroxylation sites is 1. The summed E-state index contributed by atoms with van der Waals surface area (Å²) in [5.74, 6) is 0.330. The number of hydrogen-bond acceptors (Lipinski definition) is 4. The van der Waals surface area contributed by atoms with Gasteiger partial charge in [0.05, 0.1) is 13.7 Å². The van der Waals surface area contributed by atoms with Crippen LogP contribution in [0.5, 0.6) is 5.75 Å². The summed E-state index contributed by atoms with van der Waals surface area (Å²) in [6.07, 6.45) is 0. The minimum Gasteiger partial charge on any atom is -0.496 e. The van der Waals surface area contributed by atoms with Crippen LogP contribution in [-0.2, 0) is 17.9 Å². The number of rotatable bonds is 5. The average molecular weight is 474 g/mol. The summed E-state index contributed by atoms with van der Waals surface area (Å²) in [5, 5.41) is 6.11. The lowest BCUT2D eigenvalue weighted by molar-refractivity contribution is -0.126. The molecule has 0 radical (unpaired) electrons. The first-order valence-electron chi connectivity index (χ1n) is 11.2. The minimum absolute atomic E-state index is 0.172. The van der Waals surface area contributed by atoms with Gasteiger partial charge in [-0.05, 0) is 67.6 Å². The number of aryl methyl sites for hydroxylation is 2. The highest BCUT2D eigenvalue weighted by atomic mass is 32.1. The number of methoxy groups -OCH3 is 1. The van der Waals surface area contributed by atoms with Crippen molar-refractivity contribution >= 4 is 39.1 Å². The lowest BCUT2D eigenvalue weighted by Gasteiger charge is -2.44. The summed E-state index contributed by atoms with van der Waals surface area (Å²) in [5.41, 5.74) is 3.18. The van der Waals surface area contributed by atoms with E-state index in [1.807, 2.05) is 79.2 Å². The standard InChI is InChI=1S/C27H27N3O3S/c1-17-11-18(2)13-21(12-17)30-24(31)22-14-19-9-10-34-25(19)29(22)16-27(30,3)26(32)28-15-20-7-5-6-8-23(20)33-4/h5-14H,15-16H2,1-4H3,(H,28,32)/t27-/m1/s1. The van der Waals surface area contributed by atoms with Crippen molar-refractivity contribution in [3.05, 3.63) is 82.4 Å². The normalized spacial score (nSPS) is 17.6. The number of thiophene rings is 1. The molecule has 1 N–H and O–H groups in total. The van der Waals surface area contributed by atoms with Gasteiger partial charge in [-0.15, -0.1) is 11.3 Å². The van der Waals surface area contributed by atoms with Crippen molar-refractivity contribution in [1.29, 1.82) is 0 Å². The van der Waals surface area contributed by atoms with Crippen LogP contribution >= 0.6 is 11.3 Å². The zero-order chi connectivity index (χ0) is 24.0. The summed E-state index contributed by atoms with van der Waals surface area (Å²) in [4.78, 5) is 30.4. The molecular weight excluding hydrogens is 446 g/mol. The molecule has 174 valence electrons. The summed E-state index contributed by atoms with van der Waals surface area (Å²) in [6, 6.07) is 17.5. The molecule has 4 aromatic rings. The molecule has 6 nitrogen and oxygen atoms in total. The molecule has 0 aliphatic carbocycles. The molecule has 0 saturated carbocycles. The number of benzene rings is 2. The van der Waals surface area contributed by atoms with Crippen LogP contribution in [-0.4, -0.2) is 29.0 Å². The predicted octanol–water partition coefficient (Wildman–Crippen LogP) is 5.06. The van der Waals surface area contributed by atoms with E-state index in [1.165, 1.54) is 0 Å². The Balaban J connectivity index is 1.58. The topological polar surface area (TPSA) is 63.6 Å². The van der Waals surface area contributed by atoms with Crippen LogP contribution in [0.15, 0.2) is 60.0 Å². The van der Waals surface area contributed by atoms with E-state index in [2.05, 4.69) is 11.4 Å². The summed E-state index contributed by atoms with van der Waals surface area (Å²) < 4.78 is 7.43. The van der Waals surface area contributed by atoms with Crippen molar-refractivity contribution in [2.24, 2.45) is 0 Å². The highest BCUT2D eigenvalue weighted by molar-refractivity contribution is 7.16. The maximum Gasteiger partial charge on any atom is 0.275 e. The lowest BCUT2D eigenvalue weighted by Crippen LogP contribution is -2.64. The summed E-state index contributed by atoms with van der Waals surface area (Å²) in [7, 11) is 1.61. The number of fused-ring (bicyclic) bond motifs is 3. The first-order valence-corrected chi connectivity index (χ1v) is 12.1. The zero-order valence-corrected chi connectivity index (χ0v) is 20.5. The molecule has 34 heavy (non-hydrogen) atoms. The van der Waals surface area contributed by atoms with Gasteiger partial charge in [-0.2, -0.15) is 0 Å². The first kappa shape index (κ1) is 22.2. The third kappa shape index (κ3) is 3.56. The van der Waals surface area contributed by atoms with E-state index in [1.54, 1.807) is 23.3 Å². The second-order valence-electron chi connectivity index (χ2n) is 9.05. The number of carbonyl (C=O) groups is 2. The van der Waals surface area contributed by atoms with Crippen LogP contribution in [0, 0.1) is 13.8 Å². The van der Waals surface area contributed by atoms with E-state index in [0.29, 0.717) is 24.5 Å². The fourth-order valence-corrected chi connectivity index (χ4v) is 5.79. The smallest absolute Gasteiger partial charge is 0.275 e. The Hall–Kier alpha value is -3.58. The van der Waals surface area contributed by atoms with Crippen molar-refractivity contribution in [2.75, 3.05) is 12.0 Å². The third-order valence-corrected chi connectivity index (χ3v) is 7.42. The molecule has 0 bridgehead atoms. The Bertz CT molecular complexity index is 1400. The van der Waals surface area contributed by atoms with Crippen molar-refractivity contribution in [2.45, 2.75) is 39.4 Å². The Morgan fingerprint density at radius 1 is 1.12 bits per heavy atom. The molecule has 2 amide bonds. The van der Waals surface area contributed by atoms with Crippen LogP contribution < -0.4 is 15.0 Å². The fourth-order valence-electron chi connectivity index (χ4n) is 4.90. The molecule has 3 heterocycles. The largest absolute Gasteiger partial charge is 0.496 e. The molecule has 2 aromatic heterocycles. The quantitative estimate of drug-likeness (QED) is 0.441. The number of hydrogen-bond donors (Lipinski definition) is 1. The Morgan fingerprint density at radius 3 is 2.59 bits per heavy atom. The maximum absolute atomic E-state index is 13.9. The molecule has 1 atom stereocenters. The third-order valence-electron chi connectivity index (χ3n) is 6.47. The zero-order valence-electron chi connectivity index (χ0n) is 19.7. The lowest BCUT2D eigenvalue weighted by atomic mass is 9.93. The Labute approximate surface area is 202 Å². The Morgan fingerprint density at radius 2 is 1.85 bits per heavy atom. The van der Waals surface area contributed by atoms with Crippen molar-refractivity contribution < 1.29 is 14.3 Å². The van der Waals surface area contributed by atoms with Gasteiger partial charge >= 0.3 is 0 Å². The number of aromatic nitrogens is 1. The summed E-state index contributed by atoms with van der Waals surface area (Å²) in [6.45, 7) is 6.52. The van der Waals surface area contributed by atoms with E-state index in [9.17, 15) is 9.59 Å². The van der Waals surface area contributed by atoms with Gasteiger partial charge in [0, 0.05) is 23.2 Å². The van der Waals surface area contributed by atoms with Gasteiger partial charge in [0.15, 0.2) is 0 Å². The van der Waals surface area contributed by atoms with Crippen LogP contribution in [0.1, 0.15) is 34.1 Å². The minimum atomic E-state index is -1.12. The molecule has 0 saturated heterocycles. The van der Waals surface area contributed by atoms with Gasteiger partial charge in [0.1, 0.15) is 21.8 Å². The van der Waals surface area contributed by atoms with E-state index < -0.39 is 5.54 Å². The van der Waals surface area contributed by atoms with Crippen molar-refractivity contribution in [3.8, 4) is 5.75 Å². The van der Waals surface area contributed by atoms with E-state index in [-0.39, 0.29) is 11.8 Å². The number of ether oxygens (including phenoxy) is 1. The number of nitrogens with zero attached hydrogens (tertiary/aromatic N) is 2.